The highest BCUT2D eigenvalue weighted by atomic mass is 16.2. The van der Waals surface area contributed by atoms with Crippen LogP contribution in [0.2, 0.25) is 0 Å². The van der Waals surface area contributed by atoms with Crippen molar-refractivity contribution in [3.8, 4) is 0 Å². The summed E-state index contributed by atoms with van der Waals surface area (Å²) in [7, 11) is 0. The van der Waals surface area contributed by atoms with E-state index in [1.165, 1.54) is 13.8 Å². The predicted octanol–water partition coefficient (Wildman–Crippen LogP) is 0.665. The summed E-state index contributed by atoms with van der Waals surface area (Å²) in [6.07, 6.45) is 2.56. The minimum absolute atomic E-state index is 0.244. The van der Waals surface area contributed by atoms with Crippen molar-refractivity contribution >= 4 is 22.7 Å². The first-order chi connectivity index (χ1) is 10.3. The van der Waals surface area contributed by atoms with Crippen LogP contribution in [-0.4, -0.2) is 29.4 Å². The maximum atomic E-state index is 12.0. The van der Waals surface area contributed by atoms with E-state index in [9.17, 15) is 9.59 Å². The van der Waals surface area contributed by atoms with Gasteiger partial charge in [-0.15, -0.1) is 0 Å². The van der Waals surface area contributed by atoms with Gasteiger partial charge in [-0.1, -0.05) is 18.2 Å². The average molecular weight is 302 g/mol. The number of amides is 2. The van der Waals surface area contributed by atoms with Gasteiger partial charge in [-0.05, 0) is 31.9 Å². The van der Waals surface area contributed by atoms with Gasteiger partial charge in [-0.25, -0.2) is 0 Å². The van der Waals surface area contributed by atoms with Crippen LogP contribution >= 0.6 is 0 Å². The number of hydrogen-bond acceptors (Lipinski definition) is 3. The summed E-state index contributed by atoms with van der Waals surface area (Å²) in [5.74, 6) is -1.07. The molecule has 2 aromatic rings. The van der Waals surface area contributed by atoms with E-state index in [4.69, 9.17) is 11.5 Å². The number of rotatable bonds is 6. The zero-order valence-corrected chi connectivity index (χ0v) is 12.8. The molecule has 0 saturated heterocycles. The second kappa shape index (κ2) is 6.19. The van der Waals surface area contributed by atoms with Gasteiger partial charge in [0.25, 0.3) is 0 Å². The Morgan fingerprint density at radius 2 is 2.00 bits per heavy atom. The van der Waals surface area contributed by atoms with Crippen molar-refractivity contribution in [3.05, 3.63) is 36.0 Å². The lowest BCUT2D eigenvalue weighted by Gasteiger charge is -2.21. The van der Waals surface area contributed by atoms with Crippen molar-refractivity contribution in [2.45, 2.75) is 26.3 Å². The number of H-pyrrole nitrogens is 1. The van der Waals surface area contributed by atoms with Crippen LogP contribution in [0.4, 0.5) is 0 Å². The Morgan fingerprint density at radius 1 is 1.32 bits per heavy atom. The molecule has 1 unspecified atom stereocenters. The number of nitrogens with two attached hydrogens (primary N) is 2. The SMILES string of the molecule is CC(C)(C(N)=O)C(=O)NCC(N)Cc1c[nH]c2ccccc12. The molecule has 1 aromatic heterocycles. The highest BCUT2D eigenvalue weighted by molar-refractivity contribution is 6.03. The standard InChI is InChI=1S/C16H22N4O2/c1-16(2,14(18)21)15(22)20-9-11(17)7-10-8-19-13-6-4-3-5-12(10)13/h3-6,8,11,19H,7,9,17H2,1-2H3,(H2,18,21)(H,20,22). The lowest BCUT2D eigenvalue weighted by atomic mass is 9.91. The number of benzene rings is 1. The Kier molecular flexibility index (Phi) is 4.51. The molecule has 0 bridgehead atoms. The van der Waals surface area contributed by atoms with Gasteiger partial charge in [-0.3, -0.25) is 9.59 Å². The third-order valence-corrected chi connectivity index (χ3v) is 3.87. The van der Waals surface area contributed by atoms with Crippen molar-refractivity contribution in [2.24, 2.45) is 16.9 Å². The fraction of sp³-hybridized carbons (Fsp3) is 0.375. The van der Waals surface area contributed by atoms with Crippen LogP contribution < -0.4 is 16.8 Å². The number of para-hydroxylation sites is 1. The number of primary amides is 1. The van der Waals surface area contributed by atoms with Crippen LogP contribution in [0.1, 0.15) is 19.4 Å². The molecule has 1 atom stereocenters. The summed E-state index contributed by atoms with van der Waals surface area (Å²) in [6, 6.07) is 7.73. The monoisotopic (exact) mass is 302 g/mol. The third kappa shape index (κ3) is 3.28. The summed E-state index contributed by atoms with van der Waals surface area (Å²) in [4.78, 5) is 26.4. The van der Waals surface area contributed by atoms with E-state index in [0.29, 0.717) is 6.42 Å². The summed E-state index contributed by atoms with van der Waals surface area (Å²) in [5, 5.41) is 3.82. The molecule has 1 heterocycles. The molecule has 2 amide bonds. The molecule has 0 saturated carbocycles. The fourth-order valence-corrected chi connectivity index (χ4v) is 2.21. The molecule has 2 rings (SSSR count). The van der Waals surface area contributed by atoms with Crippen LogP contribution in [0.15, 0.2) is 30.5 Å². The molecule has 22 heavy (non-hydrogen) atoms. The van der Waals surface area contributed by atoms with Gasteiger partial charge in [0.05, 0.1) is 0 Å². The number of carbonyl (C=O) groups is 2. The van der Waals surface area contributed by atoms with Crippen molar-refractivity contribution in [3.63, 3.8) is 0 Å². The topological polar surface area (TPSA) is 114 Å². The number of aromatic amines is 1. The van der Waals surface area contributed by atoms with Gasteiger partial charge < -0.3 is 21.8 Å². The Bertz CT molecular complexity index is 690. The molecule has 0 spiro atoms. The van der Waals surface area contributed by atoms with Crippen molar-refractivity contribution < 1.29 is 9.59 Å². The van der Waals surface area contributed by atoms with Crippen LogP contribution in [0, 0.1) is 5.41 Å². The second-order valence-corrected chi connectivity index (χ2v) is 6.02. The molecule has 0 radical (unpaired) electrons. The Hall–Kier alpha value is -2.34. The zero-order valence-electron chi connectivity index (χ0n) is 12.8. The number of hydrogen-bond donors (Lipinski definition) is 4. The Morgan fingerprint density at radius 3 is 2.68 bits per heavy atom. The number of nitrogens with one attached hydrogen (secondary N) is 2. The largest absolute Gasteiger partial charge is 0.369 e. The molecule has 0 aliphatic carbocycles. The first kappa shape index (κ1) is 16.0. The average Bonchev–Trinajstić information content (AvgIpc) is 2.88. The minimum atomic E-state index is -1.24. The molecule has 1 aromatic carbocycles. The van der Waals surface area contributed by atoms with Crippen molar-refractivity contribution in [1.29, 1.82) is 0 Å². The van der Waals surface area contributed by atoms with E-state index < -0.39 is 17.2 Å². The number of aromatic nitrogens is 1. The first-order valence-corrected chi connectivity index (χ1v) is 7.21. The fourth-order valence-electron chi connectivity index (χ4n) is 2.21. The van der Waals surface area contributed by atoms with E-state index in [-0.39, 0.29) is 12.6 Å². The van der Waals surface area contributed by atoms with E-state index >= 15 is 0 Å². The van der Waals surface area contributed by atoms with Gasteiger partial charge >= 0.3 is 0 Å². The van der Waals surface area contributed by atoms with E-state index in [1.54, 1.807) is 0 Å². The molecular formula is C16H22N4O2. The van der Waals surface area contributed by atoms with Crippen molar-refractivity contribution in [2.75, 3.05) is 6.54 Å². The molecule has 0 aliphatic heterocycles. The van der Waals surface area contributed by atoms with E-state index in [1.807, 2.05) is 30.5 Å². The zero-order chi connectivity index (χ0) is 16.3. The van der Waals surface area contributed by atoms with Gasteiger partial charge in [-0.2, -0.15) is 0 Å². The smallest absolute Gasteiger partial charge is 0.235 e. The normalized spacial score (nSPS) is 13.0. The molecule has 0 aliphatic rings. The van der Waals surface area contributed by atoms with E-state index in [0.717, 1.165) is 16.5 Å². The van der Waals surface area contributed by atoms with Gasteiger partial charge in [0.15, 0.2) is 0 Å². The molecule has 6 N–H and O–H groups in total. The number of carbonyl (C=O) groups excluding carboxylic acids is 2. The lowest BCUT2D eigenvalue weighted by Crippen LogP contribution is -2.49. The second-order valence-electron chi connectivity index (χ2n) is 6.02. The van der Waals surface area contributed by atoms with Gasteiger partial charge in [0, 0.05) is 29.7 Å². The van der Waals surface area contributed by atoms with Crippen LogP contribution in [-0.2, 0) is 16.0 Å². The predicted molar refractivity (Wildman–Crippen MR) is 86.0 cm³/mol. The summed E-state index contributed by atoms with van der Waals surface area (Å²) < 4.78 is 0. The summed E-state index contributed by atoms with van der Waals surface area (Å²) >= 11 is 0. The third-order valence-electron chi connectivity index (χ3n) is 3.87. The van der Waals surface area contributed by atoms with Crippen LogP contribution in [0.3, 0.4) is 0 Å². The molecule has 6 heteroatoms. The quantitative estimate of drug-likeness (QED) is 0.588. The van der Waals surface area contributed by atoms with Crippen LogP contribution in [0.5, 0.6) is 0 Å². The highest BCUT2D eigenvalue weighted by Crippen LogP contribution is 2.19. The Balaban J connectivity index is 1.95. The molecule has 6 nitrogen and oxygen atoms in total. The molecule has 118 valence electrons. The maximum absolute atomic E-state index is 12.0. The summed E-state index contributed by atoms with van der Waals surface area (Å²) in [6.45, 7) is 3.28. The Labute approximate surface area is 129 Å². The van der Waals surface area contributed by atoms with E-state index in [2.05, 4.69) is 10.3 Å². The number of fused-ring (bicyclic) bond motifs is 1. The first-order valence-electron chi connectivity index (χ1n) is 7.21. The minimum Gasteiger partial charge on any atom is -0.369 e. The van der Waals surface area contributed by atoms with Gasteiger partial charge in [0.2, 0.25) is 11.8 Å². The summed E-state index contributed by atoms with van der Waals surface area (Å²) in [5.41, 5.74) is 12.2. The lowest BCUT2D eigenvalue weighted by molar-refractivity contribution is -0.139. The van der Waals surface area contributed by atoms with Gasteiger partial charge in [0.1, 0.15) is 5.41 Å². The maximum Gasteiger partial charge on any atom is 0.235 e. The van der Waals surface area contributed by atoms with Crippen molar-refractivity contribution in [1.82, 2.24) is 10.3 Å². The molecular weight excluding hydrogens is 280 g/mol. The highest BCUT2D eigenvalue weighted by Gasteiger charge is 2.33. The van der Waals surface area contributed by atoms with Crippen LogP contribution in [0.25, 0.3) is 10.9 Å². The molecule has 0 fully saturated rings.